The summed E-state index contributed by atoms with van der Waals surface area (Å²) in [6.45, 7) is 4.11. The number of ether oxygens (including phenoxy) is 1. The van der Waals surface area contributed by atoms with Crippen molar-refractivity contribution in [3.8, 4) is 5.75 Å². The highest BCUT2D eigenvalue weighted by Crippen LogP contribution is 2.16. The van der Waals surface area contributed by atoms with E-state index in [9.17, 15) is 8.42 Å². The van der Waals surface area contributed by atoms with Gasteiger partial charge in [-0.05, 0) is 49.2 Å². The lowest BCUT2D eigenvalue weighted by molar-refractivity contribution is 0.242. The highest BCUT2D eigenvalue weighted by Gasteiger charge is 2.12. The van der Waals surface area contributed by atoms with Gasteiger partial charge in [-0.25, -0.2) is 13.1 Å². The van der Waals surface area contributed by atoms with Gasteiger partial charge in [0.15, 0.2) is 0 Å². The van der Waals surface area contributed by atoms with Gasteiger partial charge >= 0.3 is 0 Å². The molecule has 0 atom stereocenters. The zero-order chi connectivity index (χ0) is 16.9. The van der Waals surface area contributed by atoms with Gasteiger partial charge in [0.2, 0.25) is 10.0 Å². The predicted octanol–water partition coefficient (Wildman–Crippen LogP) is 3.75. The van der Waals surface area contributed by atoms with Crippen molar-refractivity contribution in [2.45, 2.75) is 32.2 Å². The highest BCUT2D eigenvalue weighted by molar-refractivity contribution is 7.88. The first-order valence-electron chi connectivity index (χ1n) is 7.31. The number of benzene rings is 2. The monoisotopic (exact) mass is 353 g/mol. The zero-order valence-corrected chi connectivity index (χ0v) is 14.7. The molecule has 2 aromatic carbocycles. The van der Waals surface area contributed by atoms with Crippen LogP contribution in [-0.2, 0) is 22.3 Å². The van der Waals surface area contributed by atoms with Crippen LogP contribution in [0.15, 0.2) is 48.5 Å². The van der Waals surface area contributed by atoms with Gasteiger partial charge in [-0.15, -0.1) is 0 Å². The van der Waals surface area contributed by atoms with Crippen molar-refractivity contribution < 1.29 is 13.2 Å². The van der Waals surface area contributed by atoms with Crippen LogP contribution in [0.25, 0.3) is 0 Å². The van der Waals surface area contributed by atoms with Gasteiger partial charge in [-0.3, -0.25) is 0 Å². The van der Waals surface area contributed by atoms with E-state index in [2.05, 4.69) is 4.72 Å². The summed E-state index contributed by atoms with van der Waals surface area (Å²) in [4.78, 5) is 0. The summed E-state index contributed by atoms with van der Waals surface area (Å²) in [7, 11) is -3.43. The van der Waals surface area contributed by atoms with Crippen LogP contribution in [0.3, 0.4) is 0 Å². The molecule has 1 N–H and O–H groups in total. The molecule has 0 spiro atoms. The first-order valence-corrected chi connectivity index (χ1v) is 9.34. The molecule has 2 rings (SSSR count). The number of nitrogens with one attached hydrogen (secondary N) is 1. The van der Waals surface area contributed by atoms with Crippen LogP contribution in [0.2, 0.25) is 5.02 Å². The molecule has 0 radical (unpaired) electrons. The molecule has 0 saturated carbocycles. The van der Waals surface area contributed by atoms with Crippen LogP contribution in [0.5, 0.6) is 5.75 Å². The molecule has 0 unspecified atom stereocenters. The smallest absolute Gasteiger partial charge is 0.216 e. The Morgan fingerprint density at radius 2 is 1.78 bits per heavy atom. The molecule has 23 heavy (non-hydrogen) atoms. The van der Waals surface area contributed by atoms with Gasteiger partial charge in [0, 0.05) is 11.6 Å². The fourth-order valence-corrected chi connectivity index (χ4v) is 3.41. The van der Waals surface area contributed by atoms with Crippen molar-refractivity contribution in [1.82, 2.24) is 4.72 Å². The molecule has 0 saturated heterocycles. The fraction of sp³-hybridized carbons (Fsp3) is 0.294. The van der Waals surface area contributed by atoms with Gasteiger partial charge in [0.25, 0.3) is 0 Å². The third-order valence-electron chi connectivity index (χ3n) is 3.01. The van der Waals surface area contributed by atoms with Gasteiger partial charge < -0.3 is 4.74 Å². The lowest BCUT2D eigenvalue weighted by Crippen LogP contribution is -2.24. The predicted molar refractivity (Wildman–Crippen MR) is 93.1 cm³/mol. The standard InChI is InChI=1S/C17H20ClNO3S/c1-13(2)22-17-8-4-5-14(10-17)11-19-23(20,21)12-15-6-3-7-16(18)9-15/h3-10,13,19H,11-12H2,1-2H3. The van der Waals surface area contributed by atoms with Gasteiger partial charge in [-0.2, -0.15) is 0 Å². The Bertz CT molecular complexity index is 760. The van der Waals surface area contributed by atoms with E-state index in [0.29, 0.717) is 10.6 Å². The minimum atomic E-state index is -3.43. The number of hydrogen-bond acceptors (Lipinski definition) is 3. The van der Waals surface area contributed by atoms with E-state index in [1.54, 1.807) is 24.3 Å². The molecule has 0 fully saturated rings. The second-order valence-corrected chi connectivity index (χ2v) is 7.77. The summed E-state index contributed by atoms with van der Waals surface area (Å²) in [5, 5.41) is 0.524. The fourth-order valence-electron chi connectivity index (χ4n) is 2.09. The maximum absolute atomic E-state index is 12.2. The Hall–Kier alpha value is -1.56. The largest absolute Gasteiger partial charge is 0.491 e. The summed E-state index contributed by atoms with van der Waals surface area (Å²) in [6, 6.07) is 14.2. The molecule has 6 heteroatoms. The van der Waals surface area contributed by atoms with E-state index in [4.69, 9.17) is 16.3 Å². The van der Waals surface area contributed by atoms with Crippen LogP contribution < -0.4 is 9.46 Å². The van der Waals surface area contributed by atoms with Gasteiger partial charge in [-0.1, -0.05) is 35.9 Å². The van der Waals surface area contributed by atoms with E-state index in [0.717, 1.165) is 11.3 Å². The van der Waals surface area contributed by atoms with Crippen LogP contribution in [-0.4, -0.2) is 14.5 Å². The third kappa shape index (κ3) is 6.22. The van der Waals surface area contributed by atoms with Crippen LogP contribution in [0.4, 0.5) is 0 Å². The van der Waals surface area contributed by atoms with Crippen molar-refractivity contribution in [2.24, 2.45) is 0 Å². The summed E-state index contributed by atoms with van der Waals surface area (Å²) in [5.74, 6) is 0.627. The molecule has 0 bridgehead atoms. The lowest BCUT2D eigenvalue weighted by Gasteiger charge is -2.11. The molecule has 0 aliphatic rings. The molecular weight excluding hydrogens is 334 g/mol. The Balaban J connectivity index is 1.99. The first-order chi connectivity index (χ1) is 10.8. The molecule has 0 heterocycles. The van der Waals surface area contributed by atoms with E-state index in [1.807, 2.05) is 38.1 Å². The van der Waals surface area contributed by atoms with Gasteiger partial charge in [0.05, 0.1) is 11.9 Å². The van der Waals surface area contributed by atoms with Crippen LogP contribution >= 0.6 is 11.6 Å². The molecule has 0 amide bonds. The van der Waals surface area contributed by atoms with E-state index in [-0.39, 0.29) is 18.4 Å². The second kappa shape index (κ2) is 7.81. The maximum atomic E-state index is 12.2. The summed E-state index contributed by atoms with van der Waals surface area (Å²) < 4.78 is 32.5. The Kier molecular flexibility index (Phi) is 6.04. The first kappa shape index (κ1) is 17.8. The SMILES string of the molecule is CC(C)Oc1cccc(CNS(=O)(=O)Cc2cccc(Cl)c2)c1. The Morgan fingerprint density at radius 1 is 1.09 bits per heavy atom. The summed E-state index contributed by atoms with van der Waals surface area (Å²) in [6.07, 6.45) is 0.0739. The minimum Gasteiger partial charge on any atom is -0.491 e. The normalized spacial score (nSPS) is 11.7. The maximum Gasteiger partial charge on any atom is 0.216 e. The van der Waals surface area contributed by atoms with E-state index in [1.165, 1.54) is 0 Å². The van der Waals surface area contributed by atoms with E-state index >= 15 is 0 Å². The Labute approximate surface area is 142 Å². The number of rotatable bonds is 7. The lowest BCUT2D eigenvalue weighted by atomic mass is 10.2. The Morgan fingerprint density at radius 3 is 2.48 bits per heavy atom. The minimum absolute atomic E-state index is 0.0739. The molecule has 0 aromatic heterocycles. The quantitative estimate of drug-likeness (QED) is 0.824. The summed E-state index contributed by atoms with van der Waals surface area (Å²) in [5.41, 5.74) is 1.50. The van der Waals surface area contributed by atoms with Crippen molar-refractivity contribution in [1.29, 1.82) is 0 Å². The average molecular weight is 354 g/mol. The van der Waals surface area contributed by atoms with Crippen LogP contribution in [0.1, 0.15) is 25.0 Å². The van der Waals surface area contributed by atoms with Crippen LogP contribution in [0, 0.1) is 0 Å². The zero-order valence-electron chi connectivity index (χ0n) is 13.1. The average Bonchev–Trinajstić information content (AvgIpc) is 2.44. The number of halogens is 1. The molecular formula is C17H20ClNO3S. The van der Waals surface area contributed by atoms with Crippen molar-refractivity contribution in [3.63, 3.8) is 0 Å². The molecule has 2 aromatic rings. The third-order valence-corrected chi connectivity index (χ3v) is 4.54. The molecule has 124 valence electrons. The highest BCUT2D eigenvalue weighted by atomic mass is 35.5. The van der Waals surface area contributed by atoms with Crippen molar-refractivity contribution >= 4 is 21.6 Å². The van der Waals surface area contributed by atoms with Crippen molar-refractivity contribution in [3.05, 3.63) is 64.7 Å². The van der Waals surface area contributed by atoms with Gasteiger partial charge in [0.1, 0.15) is 5.75 Å². The number of sulfonamides is 1. The van der Waals surface area contributed by atoms with E-state index < -0.39 is 10.0 Å². The second-order valence-electron chi connectivity index (χ2n) is 5.52. The summed E-state index contributed by atoms with van der Waals surface area (Å²) >= 11 is 5.88. The topological polar surface area (TPSA) is 55.4 Å². The molecule has 4 nitrogen and oxygen atoms in total. The molecule has 0 aliphatic carbocycles. The number of hydrogen-bond donors (Lipinski definition) is 1. The van der Waals surface area contributed by atoms with Crippen molar-refractivity contribution in [2.75, 3.05) is 0 Å². The molecule has 0 aliphatic heterocycles.